The van der Waals surface area contributed by atoms with Gasteiger partial charge in [-0.05, 0) is 88.3 Å². The van der Waals surface area contributed by atoms with Crippen LogP contribution in [0.5, 0.6) is 11.5 Å². The minimum Gasteiger partial charge on any atom is -0.496 e. The Morgan fingerprint density at radius 2 is 1.47 bits per heavy atom. The Hall–Kier alpha value is -5.32. The monoisotopic (exact) mass is 610 g/mol. The van der Waals surface area contributed by atoms with Crippen LogP contribution in [0.1, 0.15) is 51.6 Å². The number of ether oxygens (including phenoxy) is 4. The van der Waals surface area contributed by atoms with Crippen molar-refractivity contribution in [2.75, 3.05) is 27.4 Å². The van der Waals surface area contributed by atoms with Crippen molar-refractivity contribution in [2.24, 2.45) is 10.2 Å². The van der Waals surface area contributed by atoms with Crippen molar-refractivity contribution in [2.45, 2.75) is 18.9 Å². The fourth-order valence-electron chi connectivity index (χ4n) is 4.48. The molecule has 4 rings (SSSR count). The minimum atomic E-state index is -0.684. The number of hydrogen-bond donors (Lipinski definition) is 1. The summed E-state index contributed by atoms with van der Waals surface area (Å²) < 4.78 is 20.7. The van der Waals surface area contributed by atoms with Crippen LogP contribution < -0.4 is 9.47 Å². The minimum absolute atomic E-state index is 0.302. The third-order valence-corrected chi connectivity index (χ3v) is 6.81. The normalized spacial score (nSPS) is 11.9. The van der Waals surface area contributed by atoms with E-state index < -0.39 is 18.0 Å². The molecule has 1 N–H and O–H groups in total. The van der Waals surface area contributed by atoms with Crippen molar-refractivity contribution in [3.8, 4) is 11.5 Å². The number of unbranched alkanes of at least 4 members (excludes halogenated alkanes) is 1. The van der Waals surface area contributed by atoms with Gasteiger partial charge >= 0.3 is 11.9 Å². The van der Waals surface area contributed by atoms with Crippen LogP contribution in [-0.2, 0) is 19.2 Å². The number of nitrogens with zero attached hydrogens (tertiary/aromatic N) is 2. The highest BCUT2D eigenvalue weighted by molar-refractivity contribution is 5.95. The highest BCUT2D eigenvalue weighted by Gasteiger charge is 2.16. The number of rotatable bonds is 15. The number of hydrogen-bond acceptors (Lipinski definition) is 10. The molecule has 0 heterocycles. The highest BCUT2D eigenvalue weighted by atomic mass is 17.1. The van der Waals surface area contributed by atoms with Crippen LogP contribution in [0, 0.1) is 0 Å². The average Bonchev–Trinajstić information content (AvgIpc) is 3.08. The van der Waals surface area contributed by atoms with Crippen LogP contribution in [0.4, 0.5) is 0 Å². The second kappa shape index (κ2) is 16.5. The fraction of sp³-hybridized carbons (Fsp3) is 0.200. The third kappa shape index (κ3) is 9.09. The van der Waals surface area contributed by atoms with Crippen molar-refractivity contribution in [1.82, 2.24) is 0 Å². The van der Waals surface area contributed by atoms with E-state index in [0.29, 0.717) is 42.3 Å². The van der Waals surface area contributed by atoms with Gasteiger partial charge in [-0.3, -0.25) is 5.26 Å². The van der Waals surface area contributed by atoms with E-state index in [0.717, 1.165) is 40.0 Å². The Kier molecular flexibility index (Phi) is 12.0. The summed E-state index contributed by atoms with van der Waals surface area (Å²) in [7, 11) is 2.80. The van der Waals surface area contributed by atoms with E-state index in [-0.39, 0.29) is 0 Å². The molecule has 10 heteroatoms. The topological polar surface area (TPSA) is 125 Å². The lowest BCUT2D eigenvalue weighted by molar-refractivity contribution is -0.270. The summed E-state index contributed by atoms with van der Waals surface area (Å²) in [6.07, 6.45) is 5.05. The maximum absolute atomic E-state index is 12.0. The predicted octanol–water partition coefficient (Wildman–Crippen LogP) is 6.56. The first-order valence-corrected chi connectivity index (χ1v) is 14.1. The second-order valence-electron chi connectivity index (χ2n) is 9.79. The van der Waals surface area contributed by atoms with Crippen molar-refractivity contribution >= 4 is 35.1 Å². The molecule has 0 spiro atoms. The van der Waals surface area contributed by atoms with Gasteiger partial charge in [-0.15, -0.1) is 0 Å². The first-order chi connectivity index (χ1) is 21.9. The molecule has 0 bridgehead atoms. The van der Waals surface area contributed by atoms with Gasteiger partial charge in [0.2, 0.25) is 0 Å². The SMILES string of the molecule is C=CC(=O)OCCCCOc1ccc(C(OO)c2ccc3cc(/C=N/N=C/c4ccc(OC)c(C(=O)OC)c4)ccc3c2)cc1. The molecule has 1 unspecified atom stereocenters. The van der Waals surface area contributed by atoms with Crippen LogP contribution in [0.15, 0.2) is 102 Å². The smallest absolute Gasteiger partial charge is 0.341 e. The Morgan fingerprint density at radius 3 is 2.16 bits per heavy atom. The Morgan fingerprint density at radius 1 is 0.822 bits per heavy atom. The van der Waals surface area contributed by atoms with Gasteiger partial charge in [-0.2, -0.15) is 10.2 Å². The molecule has 0 aromatic heterocycles. The Bertz CT molecular complexity index is 1680. The van der Waals surface area contributed by atoms with Crippen molar-refractivity contribution in [3.63, 3.8) is 0 Å². The largest absolute Gasteiger partial charge is 0.496 e. The zero-order valence-corrected chi connectivity index (χ0v) is 25.0. The van der Waals surface area contributed by atoms with Crippen LogP contribution in [-0.4, -0.2) is 57.1 Å². The van der Waals surface area contributed by atoms with Gasteiger partial charge in [-0.1, -0.05) is 43.0 Å². The lowest BCUT2D eigenvalue weighted by atomic mass is 9.97. The standard InChI is InChI=1S/C35H34N2O8/c1-4-33(38)44-18-6-5-17-43-30-14-12-26(13-15-30)34(45-40)29-11-10-27-19-24(7-9-28(27)21-29)22-36-37-23-25-8-16-32(41-2)31(20-25)35(39)42-3/h4,7-16,19-23,34,40H,1,5-6,17-18H2,2-3H3/b36-22+,37-23+. The lowest BCUT2D eigenvalue weighted by Crippen LogP contribution is -2.05. The van der Waals surface area contributed by atoms with E-state index >= 15 is 0 Å². The summed E-state index contributed by atoms with van der Waals surface area (Å²) in [5.41, 5.74) is 3.36. The number of carbonyl (C=O) groups excluding carboxylic acids is 2. The van der Waals surface area contributed by atoms with Crippen LogP contribution >= 0.6 is 0 Å². The fourth-order valence-corrected chi connectivity index (χ4v) is 4.48. The van der Waals surface area contributed by atoms with Gasteiger partial charge in [0.1, 0.15) is 23.2 Å². The number of esters is 2. The molecule has 0 fully saturated rings. The van der Waals surface area contributed by atoms with Gasteiger partial charge in [0.25, 0.3) is 0 Å². The van der Waals surface area contributed by atoms with Gasteiger partial charge in [0, 0.05) is 6.08 Å². The molecule has 232 valence electrons. The molecule has 0 amide bonds. The highest BCUT2D eigenvalue weighted by Crippen LogP contribution is 2.30. The van der Waals surface area contributed by atoms with Crippen LogP contribution in [0.3, 0.4) is 0 Å². The maximum Gasteiger partial charge on any atom is 0.341 e. The predicted molar refractivity (Wildman–Crippen MR) is 171 cm³/mol. The summed E-state index contributed by atoms with van der Waals surface area (Å²) in [6, 6.07) is 24.0. The molecule has 0 aliphatic rings. The number of benzene rings is 4. The van der Waals surface area contributed by atoms with Gasteiger partial charge in [0.15, 0.2) is 0 Å². The molecule has 4 aromatic rings. The first-order valence-electron chi connectivity index (χ1n) is 14.1. The van der Waals surface area contributed by atoms with E-state index in [1.165, 1.54) is 20.4 Å². The summed E-state index contributed by atoms with van der Waals surface area (Å²) in [6.45, 7) is 4.17. The van der Waals surface area contributed by atoms with Crippen molar-refractivity contribution in [1.29, 1.82) is 0 Å². The van der Waals surface area contributed by atoms with Gasteiger partial charge < -0.3 is 18.9 Å². The zero-order valence-electron chi connectivity index (χ0n) is 25.0. The van der Waals surface area contributed by atoms with E-state index in [4.69, 9.17) is 23.8 Å². The van der Waals surface area contributed by atoms with E-state index in [1.807, 2.05) is 60.7 Å². The van der Waals surface area contributed by atoms with Gasteiger partial charge in [-0.25, -0.2) is 14.5 Å². The number of fused-ring (bicyclic) bond motifs is 1. The quantitative estimate of drug-likeness (QED) is 0.0401. The molecule has 1 atom stereocenters. The summed E-state index contributed by atoms with van der Waals surface area (Å²) in [4.78, 5) is 27.9. The van der Waals surface area contributed by atoms with Crippen molar-refractivity contribution in [3.05, 3.63) is 119 Å². The number of methoxy groups -OCH3 is 2. The van der Waals surface area contributed by atoms with E-state index in [2.05, 4.69) is 16.8 Å². The molecule has 0 aliphatic heterocycles. The molecule has 0 aliphatic carbocycles. The first kappa shape index (κ1) is 32.6. The number of carbonyl (C=O) groups is 2. The summed E-state index contributed by atoms with van der Waals surface area (Å²) >= 11 is 0. The second-order valence-corrected chi connectivity index (χ2v) is 9.79. The van der Waals surface area contributed by atoms with E-state index in [1.54, 1.807) is 24.4 Å². The van der Waals surface area contributed by atoms with Crippen LogP contribution in [0.2, 0.25) is 0 Å². The van der Waals surface area contributed by atoms with Gasteiger partial charge in [0.05, 0.1) is 39.9 Å². The molecule has 0 radical (unpaired) electrons. The summed E-state index contributed by atoms with van der Waals surface area (Å²) in [5.74, 6) is 0.168. The lowest BCUT2D eigenvalue weighted by Gasteiger charge is -2.16. The molecule has 10 nitrogen and oxygen atoms in total. The summed E-state index contributed by atoms with van der Waals surface area (Å²) in [5, 5.41) is 19.9. The molecule has 0 saturated carbocycles. The molecule has 0 saturated heterocycles. The Labute approximate surface area is 261 Å². The molecule has 4 aromatic carbocycles. The average molecular weight is 611 g/mol. The van der Waals surface area contributed by atoms with E-state index in [9.17, 15) is 14.8 Å². The Balaban J connectivity index is 1.36. The molecular formula is C35H34N2O8. The maximum atomic E-state index is 12.0. The molecular weight excluding hydrogens is 576 g/mol. The zero-order chi connectivity index (χ0) is 32.0. The van der Waals surface area contributed by atoms with Crippen molar-refractivity contribution < 1.29 is 38.7 Å². The van der Waals surface area contributed by atoms with Crippen LogP contribution in [0.25, 0.3) is 10.8 Å². The third-order valence-electron chi connectivity index (χ3n) is 6.81. The molecule has 45 heavy (non-hydrogen) atoms.